The fourth-order valence-electron chi connectivity index (χ4n) is 3.09. The molecule has 1 atom stereocenters. The van der Waals surface area contributed by atoms with Crippen LogP contribution >= 0.6 is 0 Å². The largest absolute Gasteiger partial charge is 0.482 e. The molecule has 3 aliphatic heterocycles. The van der Waals surface area contributed by atoms with E-state index in [9.17, 15) is 4.79 Å². The lowest BCUT2D eigenvalue weighted by Crippen LogP contribution is -2.52. The van der Waals surface area contributed by atoms with Gasteiger partial charge in [-0.3, -0.25) is 4.90 Å². The van der Waals surface area contributed by atoms with Crippen LogP contribution in [0.1, 0.15) is 18.4 Å². The van der Waals surface area contributed by atoms with Crippen molar-refractivity contribution in [3.05, 3.63) is 29.8 Å². The average molecular weight is 275 g/mol. The highest BCUT2D eigenvalue weighted by Crippen LogP contribution is 2.29. The number of carbonyl (C=O) groups excluding carboxylic acids is 1. The molecule has 4 rings (SSSR count). The predicted octanol–water partition coefficient (Wildman–Crippen LogP) is 2.01. The van der Waals surface area contributed by atoms with E-state index in [1.54, 1.807) is 0 Å². The number of benzene rings is 1. The smallest absolute Gasteiger partial charge is 0.344 e. The van der Waals surface area contributed by atoms with E-state index in [4.69, 9.17) is 9.47 Å². The second-order valence-electron chi connectivity index (χ2n) is 5.77. The first-order valence-corrected chi connectivity index (χ1v) is 7.32. The van der Waals surface area contributed by atoms with Gasteiger partial charge in [0, 0.05) is 6.54 Å². The Hall–Kier alpha value is -1.55. The number of hydrogen-bond donors (Lipinski definition) is 0. The summed E-state index contributed by atoms with van der Waals surface area (Å²) in [6, 6.07) is 7.69. The maximum atomic E-state index is 11.9. The summed E-state index contributed by atoms with van der Waals surface area (Å²) >= 11 is 0. The number of esters is 1. The maximum absolute atomic E-state index is 11.9. The highest BCUT2D eigenvalue weighted by molar-refractivity contribution is 5.71. The van der Waals surface area contributed by atoms with Crippen molar-refractivity contribution in [2.24, 2.45) is 5.92 Å². The van der Waals surface area contributed by atoms with Gasteiger partial charge in [-0.15, -0.1) is 0 Å². The molecule has 3 aliphatic rings. The van der Waals surface area contributed by atoms with Crippen LogP contribution in [-0.2, 0) is 9.53 Å². The summed E-state index contributed by atoms with van der Waals surface area (Å²) in [7, 11) is 0. The van der Waals surface area contributed by atoms with Gasteiger partial charge in [0.25, 0.3) is 0 Å². The fraction of sp³-hybridized carbons (Fsp3) is 0.562. The van der Waals surface area contributed by atoms with Crippen molar-refractivity contribution < 1.29 is 14.3 Å². The molecule has 2 bridgehead atoms. The Morgan fingerprint density at radius 1 is 1.35 bits per heavy atom. The van der Waals surface area contributed by atoms with Crippen molar-refractivity contribution >= 4 is 5.97 Å². The molecule has 108 valence electrons. The summed E-state index contributed by atoms with van der Waals surface area (Å²) in [6.45, 7) is 5.18. The number of piperidine rings is 3. The lowest BCUT2D eigenvalue weighted by Gasteiger charge is -2.43. The van der Waals surface area contributed by atoms with E-state index < -0.39 is 0 Å². The van der Waals surface area contributed by atoms with Crippen LogP contribution in [0.2, 0.25) is 0 Å². The van der Waals surface area contributed by atoms with Crippen molar-refractivity contribution in [2.75, 3.05) is 26.2 Å². The van der Waals surface area contributed by atoms with Crippen molar-refractivity contribution in [3.63, 3.8) is 0 Å². The zero-order valence-corrected chi connectivity index (χ0v) is 11.9. The molecule has 0 aliphatic carbocycles. The van der Waals surface area contributed by atoms with E-state index >= 15 is 0 Å². The molecule has 3 fully saturated rings. The third-order valence-corrected chi connectivity index (χ3v) is 4.23. The minimum Gasteiger partial charge on any atom is -0.482 e. The molecule has 0 N–H and O–H groups in total. The van der Waals surface area contributed by atoms with Crippen LogP contribution in [0, 0.1) is 12.8 Å². The first-order valence-electron chi connectivity index (χ1n) is 7.32. The van der Waals surface area contributed by atoms with Crippen LogP contribution in [0.4, 0.5) is 0 Å². The Morgan fingerprint density at radius 2 is 2.15 bits per heavy atom. The number of ether oxygens (including phenoxy) is 2. The SMILES string of the molecule is Cc1cccc(OCC(=O)O[C@H]2CN3CCC2CC3)c1. The molecule has 0 spiro atoms. The van der Waals surface area contributed by atoms with E-state index in [-0.39, 0.29) is 18.7 Å². The van der Waals surface area contributed by atoms with Gasteiger partial charge in [0.2, 0.25) is 0 Å². The molecule has 3 heterocycles. The van der Waals surface area contributed by atoms with Gasteiger partial charge in [0.05, 0.1) is 0 Å². The first kappa shape index (κ1) is 13.4. The summed E-state index contributed by atoms with van der Waals surface area (Å²) < 4.78 is 11.1. The number of fused-ring (bicyclic) bond motifs is 3. The minimum absolute atomic E-state index is 0.00727. The number of rotatable bonds is 4. The average Bonchev–Trinajstić information content (AvgIpc) is 2.46. The first-order chi connectivity index (χ1) is 9.70. The van der Waals surface area contributed by atoms with Crippen LogP contribution in [0.5, 0.6) is 5.75 Å². The van der Waals surface area contributed by atoms with Gasteiger partial charge < -0.3 is 9.47 Å². The number of carbonyl (C=O) groups is 1. The molecule has 1 aromatic carbocycles. The number of hydrogen-bond acceptors (Lipinski definition) is 4. The summed E-state index contributed by atoms with van der Waals surface area (Å²) in [6.07, 6.45) is 2.36. The quantitative estimate of drug-likeness (QED) is 0.788. The third-order valence-electron chi connectivity index (χ3n) is 4.23. The Morgan fingerprint density at radius 3 is 2.80 bits per heavy atom. The van der Waals surface area contributed by atoms with Crippen LogP contribution in [0.3, 0.4) is 0 Å². The van der Waals surface area contributed by atoms with Crippen molar-refractivity contribution in [1.29, 1.82) is 0 Å². The number of aryl methyl sites for hydroxylation is 1. The fourth-order valence-corrected chi connectivity index (χ4v) is 3.09. The normalized spacial score (nSPS) is 28.1. The van der Waals surface area contributed by atoms with Crippen LogP contribution in [0.15, 0.2) is 24.3 Å². The van der Waals surface area contributed by atoms with Gasteiger partial charge in [-0.1, -0.05) is 12.1 Å². The van der Waals surface area contributed by atoms with Crippen LogP contribution in [0.25, 0.3) is 0 Å². The predicted molar refractivity (Wildman–Crippen MR) is 75.7 cm³/mol. The molecule has 4 heteroatoms. The molecule has 1 aromatic rings. The highest BCUT2D eigenvalue weighted by Gasteiger charge is 2.36. The molecule has 0 saturated carbocycles. The zero-order valence-electron chi connectivity index (χ0n) is 11.9. The van der Waals surface area contributed by atoms with E-state index in [1.807, 2.05) is 31.2 Å². The van der Waals surface area contributed by atoms with Gasteiger partial charge in [-0.2, -0.15) is 0 Å². The van der Waals surface area contributed by atoms with Crippen LogP contribution < -0.4 is 4.74 Å². The Balaban J connectivity index is 1.48. The summed E-state index contributed by atoms with van der Waals surface area (Å²) in [5.41, 5.74) is 1.12. The topological polar surface area (TPSA) is 38.8 Å². The summed E-state index contributed by atoms with van der Waals surface area (Å²) in [5, 5.41) is 0. The van der Waals surface area contributed by atoms with E-state index in [0.717, 1.165) is 43.8 Å². The molecular formula is C16H21NO3. The minimum atomic E-state index is -0.259. The molecule has 0 aromatic heterocycles. The lowest BCUT2D eigenvalue weighted by atomic mass is 9.86. The Bertz CT molecular complexity index is 480. The lowest BCUT2D eigenvalue weighted by molar-refractivity contribution is -0.161. The Labute approximate surface area is 119 Å². The van der Waals surface area contributed by atoms with Gasteiger partial charge in [-0.25, -0.2) is 4.79 Å². The van der Waals surface area contributed by atoms with Crippen molar-refractivity contribution in [2.45, 2.75) is 25.9 Å². The second kappa shape index (κ2) is 5.83. The van der Waals surface area contributed by atoms with Gasteiger partial charge >= 0.3 is 5.97 Å². The van der Waals surface area contributed by atoms with Crippen molar-refractivity contribution in [3.8, 4) is 5.75 Å². The molecular weight excluding hydrogens is 254 g/mol. The molecule has 0 amide bonds. The van der Waals surface area contributed by atoms with E-state index in [1.165, 1.54) is 0 Å². The highest BCUT2D eigenvalue weighted by atomic mass is 16.6. The van der Waals surface area contributed by atoms with Crippen LogP contribution in [-0.4, -0.2) is 43.2 Å². The van der Waals surface area contributed by atoms with Gasteiger partial charge in [0.15, 0.2) is 6.61 Å². The zero-order chi connectivity index (χ0) is 13.9. The standard InChI is InChI=1S/C16H21NO3/c1-12-3-2-4-14(9-12)19-11-16(18)20-15-10-17-7-5-13(15)6-8-17/h2-4,9,13,15H,5-8,10-11H2,1H3/t15-/m0/s1. The third kappa shape index (κ3) is 3.12. The van der Waals surface area contributed by atoms with Crippen molar-refractivity contribution in [1.82, 2.24) is 4.90 Å². The molecule has 4 nitrogen and oxygen atoms in total. The molecule has 0 radical (unpaired) electrons. The summed E-state index contributed by atoms with van der Waals surface area (Å²) in [4.78, 5) is 14.3. The molecule has 0 unspecified atom stereocenters. The Kier molecular flexibility index (Phi) is 3.92. The maximum Gasteiger partial charge on any atom is 0.344 e. The molecule has 3 saturated heterocycles. The van der Waals surface area contributed by atoms with E-state index in [2.05, 4.69) is 4.90 Å². The van der Waals surface area contributed by atoms with E-state index in [0.29, 0.717) is 5.92 Å². The van der Waals surface area contributed by atoms with Gasteiger partial charge in [0.1, 0.15) is 11.9 Å². The second-order valence-corrected chi connectivity index (χ2v) is 5.77. The van der Waals surface area contributed by atoms with Gasteiger partial charge in [-0.05, 0) is 56.5 Å². The monoisotopic (exact) mass is 275 g/mol. The number of nitrogens with zero attached hydrogens (tertiary/aromatic N) is 1. The molecule has 20 heavy (non-hydrogen) atoms. The summed E-state index contributed by atoms with van der Waals surface area (Å²) in [5.74, 6) is 1.00.